The Morgan fingerprint density at radius 1 is 1.08 bits per heavy atom. The zero-order chi connectivity index (χ0) is 19.1. The molecule has 1 N–H and O–H groups in total. The number of nitrogens with zero attached hydrogens (tertiary/aromatic N) is 1. The number of nitrogens with one attached hydrogen (secondary N) is 1. The minimum absolute atomic E-state index is 0.122. The van der Waals surface area contributed by atoms with Crippen LogP contribution in [0.3, 0.4) is 0 Å². The van der Waals surface area contributed by atoms with Crippen molar-refractivity contribution in [3.63, 3.8) is 0 Å². The van der Waals surface area contributed by atoms with Gasteiger partial charge in [0.2, 0.25) is 5.91 Å². The third kappa shape index (κ3) is 3.44. The van der Waals surface area contributed by atoms with Crippen molar-refractivity contribution in [2.75, 3.05) is 16.2 Å². The Kier molecular flexibility index (Phi) is 4.75. The Morgan fingerprint density at radius 2 is 1.73 bits per heavy atom. The van der Waals surface area contributed by atoms with Crippen molar-refractivity contribution < 1.29 is 17.6 Å². The fourth-order valence-electron chi connectivity index (χ4n) is 3.49. The lowest BCUT2D eigenvalue weighted by atomic mass is 10.1. The molecule has 1 saturated heterocycles. The number of carbonyl (C=O) groups is 1. The smallest absolute Gasteiger partial charge is 0.262 e. The molecule has 138 valence electrons. The van der Waals surface area contributed by atoms with E-state index in [-0.39, 0.29) is 22.2 Å². The van der Waals surface area contributed by atoms with Crippen LogP contribution in [0.15, 0.2) is 35.2 Å². The van der Waals surface area contributed by atoms with E-state index in [0.717, 1.165) is 11.6 Å². The van der Waals surface area contributed by atoms with Gasteiger partial charge in [-0.15, -0.1) is 0 Å². The van der Waals surface area contributed by atoms with Crippen LogP contribution in [0.25, 0.3) is 0 Å². The Balaban J connectivity index is 1.91. The Labute approximate surface area is 152 Å². The van der Waals surface area contributed by atoms with Crippen LogP contribution >= 0.6 is 0 Å². The summed E-state index contributed by atoms with van der Waals surface area (Å²) in [5, 5.41) is 0. The molecule has 0 radical (unpaired) electrons. The molecule has 3 rings (SSSR count). The van der Waals surface area contributed by atoms with Crippen LogP contribution in [-0.4, -0.2) is 20.9 Å². The molecule has 1 fully saturated rings. The third-order valence-corrected chi connectivity index (χ3v) is 6.12. The van der Waals surface area contributed by atoms with Crippen molar-refractivity contribution in [2.24, 2.45) is 0 Å². The number of carbonyl (C=O) groups excluding carboxylic acids is 1. The summed E-state index contributed by atoms with van der Waals surface area (Å²) in [6.45, 7) is 5.84. The molecular weight excluding hydrogens is 355 g/mol. The highest BCUT2D eigenvalue weighted by molar-refractivity contribution is 7.92. The summed E-state index contributed by atoms with van der Waals surface area (Å²) >= 11 is 0. The van der Waals surface area contributed by atoms with Gasteiger partial charge in [0.05, 0.1) is 16.3 Å². The van der Waals surface area contributed by atoms with Gasteiger partial charge >= 0.3 is 0 Å². The highest BCUT2D eigenvalue weighted by atomic mass is 32.2. The fourth-order valence-corrected chi connectivity index (χ4v) is 4.99. The van der Waals surface area contributed by atoms with E-state index in [2.05, 4.69) is 4.72 Å². The maximum atomic E-state index is 14.4. The quantitative estimate of drug-likeness (QED) is 0.885. The lowest BCUT2D eigenvalue weighted by molar-refractivity contribution is -0.117. The van der Waals surface area contributed by atoms with Crippen molar-refractivity contribution in [1.82, 2.24) is 0 Å². The topological polar surface area (TPSA) is 66.5 Å². The van der Waals surface area contributed by atoms with Crippen molar-refractivity contribution in [3.8, 4) is 0 Å². The number of benzene rings is 2. The van der Waals surface area contributed by atoms with Crippen molar-refractivity contribution >= 4 is 27.3 Å². The minimum atomic E-state index is -3.85. The molecule has 0 aromatic heterocycles. The van der Waals surface area contributed by atoms with Gasteiger partial charge in [-0.05, 0) is 50.5 Å². The number of halogens is 1. The van der Waals surface area contributed by atoms with Crippen LogP contribution in [0.4, 0.5) is 15.8 Å². The van der Waals surface area contributed by atoms with Gasteiger partial charge in [0, 0.05) is 19.0 Å². The number of amides is 1. The van der Waals surface area contributed by atoms with Crippen molar-refractivity contribution in [3.05, 3.63) is 52.8 Å². The average molecular weight is 376 g/mol. The number of hydrogen-bond acceptors (Lipinski definition) is 3. The van der Waals surface area contributed by atoms with Gasteiger partial charge < -0.3 is 4.90 Å². The van der Waals surface area contributed by atoms with Crippen LogP contribution in [0.1, 0.15) is 29.5 Å². The molecule has 0 unspecified atom stereocenters. The molecule has 0 saturated carbocycles. The first kappa shape index (κ1) is 18.4. The molecule has 1 heterocycles. The van der Waals surface area contributed by atoms with E-state index in [1.807, 2.05) is 6.92 Å². The Hall–Kier alpha value is -2.41. The minimum Gasteiger partial charge on any atom is -0.310 e. The monoisotopic (exact) mass is 376 g/mol. The van der Waals surface area contributed by atoms with Gasteiger partial charge in [-0.25, -0.2) is 12.8 Å². The van der Waals surface area contributed by atoms with E-state index in [1.165, 1.54) is 17.0 Å². The number of rotatable bonds is 4. The molecule has 0 bridgehead atoms. The van der Waals surface area contributed by atoms with Gasteiger partial charge in [0.15, 0.2) is 0 Å². The highest BCUT2D eigenvalue weighted by Crippen LogP contribution is 2.29. The van der Waals surface area contributed by atoms with Crippen LogP contribution in [0.5, 0.6) is 0 Å². The summed E-state index contributed by atoms with van der Waals surface area (Å²) in [4.78, 5) is 13.4. The second-order valence-corrected chi connectivity index (χ2v) is 8.27. The second-order valence-electron chi connectivity index (χ2n) is 6.65. The predicted molar refractivity (Wildman–Crippen MR) is 99.4 cm³/mol. The third-order valence-electron chi connectivity index (χ3n) is 4.44. The van der Waals surface area contributed by atoms with Crippen LogP contribution in [-0.2, 0) is 14.8 Å². The molecular formula is C19H21FN2O3S. The maximum Gasteiger partial charge on any atom is 0.262 e. The van der Waals surface area contributed by atoms with Crippen molar-refractivity contribution in [2.45, 2.75) is 38.5 Å². The number of sulfonamides is 1. The van der Waals surface area contributed by atoms with E-state index >= 15 is 0 Å². The van der Waals surface area contributed by atoms with E-state index < -0.39 is 15.8 Å². The first-order chi connectivity index (χ1) is 12.2. The molecule has 0 spiro atoms. The SMILES string of the molecule is Cc1cc(C)c(S(=O)(=O)Nc2ccc(N3CCCC3=O)c(F)c2)c(C)c1. The highest BCUT2D eigenvalue weighted by Gasteiger charge is 2.25. The largest absolute Gasteiger partial charge is 0.310 e. The fraction of sp³-hybridized carbons (Fsp3) is 0.316. The molecule has 26 heavy (non-hydrogen) atoms. The molecule has 7 heteroatoms. The normalized spacial score (nSPS) is 14.8. The van der Waals surface area contributed by atoms with Gasteiger partial charge in [-0.2, -0.15) is 0 Å². The second kappa shape index (κ2) is 6.72. The predicted octanol–water partition coefficient (Wildman–Crippen LogP) is 3.68. The number of aryl methyl sites for hydroxylation is 3. The van der Waals surface area contributed by atoms with Gasteiger partial charge in [-0.1, -0.05) is 17.7 Å². The van der Waals surface area contributed by atoms with Gasteiger partial charge in [0.1, 0.15) is 5.82 Å². The van der Waals surface area contributed by atoms with E-state index in [0.29, 0.717) is 30.5 Å². The molecule has 1 aliphatic heterocycles. The van der Waals surface area contributed by atoms with Crippen LogP contribution < -0.4 is 9.62 Å². The first-order valence-corrected chi connectivity index (χ1v) is 9.88. The van der Waals surface area contributed by atoms with Gasteiger partial charge in [0.25, 0.3) is 10.0 Å². The summed E-state index contributed by atoms with van der Waals surface area (Å²) in [7, 11) is -3.85. The number of anilines is 2. The summed E-state index contributed by atoms with van der Waals surface area (Å²) < 4.78 is 42.4. The molecule has 5 nitrogen and oxygen atoms in total. The number of hydrogen-bond donors (Lipinski definition) is 1. The lowest BCUT2D eigenvalue weighted by Crippen LogP contribution is -2.24. The van der Waals surface area contributed by atoms with Crippen LogP contribution in [0.2, 0.25) is 0 Å². The Morgan fingerprint density at radius 3 is 2.27 bits per heavy atom. The van der Waals surface area contributed by atoms with E-state index in [1.54, 1.807) is 26.0 Å². The lowest BCUT2D eigenvalue weighted by Gasteiger charge is -2.18. The van der Waals surface area contributed by atoms with Crippen LogP contribution in [0, 0.1) is 26.6 Å². The van der Waals surface area contributed by atoms with Crippen molar-refractivity contribution in [1.29, 1.82) is 0 Å². The molecule has 0 atom stereocenters. The molecule has 1 amide bonds. The average Bonchev–Trinajstić information content (AvgIpc) is 2.91. The maximum absolute atomic E-state index is 14.4. The summed E-state index contributed by atoms with van der Waals surface area (Å²) in [6.07, 6.45) is 1.10. The standard InChI is InChI=1S/C19H21FN2O3S/c1-12-9-13(2)19(14(3)10-12)26(24,25)21-15-6-7-17(16(20)11-15)22-8-4-5-18(22)23/h6-7,9-11,21H,4-5,8H2,1-3H3. The molecule has 0 aliphatic carbocycles. The van der Waals surface area contributed by atoms with E-state index in [4.69, 9.17) is 0 Å². The zero-order valence-electron chi connectivity index (χ0n) is 15.0. The molecule has 2 aromatic carbocycles. The summed E-state index contributed by atoms with van der Waals surface area (Å²) in [5.41, 5.74) is 2.55. The Bertz CT molecular complexity index is 963. The molecule has 1 aliphatic rings. The van der Waals surface area contributed by atoms with Gasteiger partial charge in [-0.3, -0.25) is 9.52 Å². The molecule has 2 aromatic rings. The summed E-state index contributed by atoms with van der Waals surface area (Å²) in [5.74, 6) is -0.749. The first-order valence-electron chi connectivity index (χ1n) is 8.39. The van der Waals surface area contributed by atoms with E-state index in [9.17, 15) is 17.6 Å². The zero-order valence-corrected chi connectivity index (χ0v) is 15.8. The summed E-state index contributed by atoms with van der Waals surface area (Å²) in [6, 6.07) is 7.61.